The fraction of sp³-hybridized carbons (Fsp3) is 0.350. The quantitative estimate of drug-likeness (QED) is 0.557. The number of carboxylic acid groups (broad SMARTS) is 1. The zero-order valence-electron chi connectivity index (χ0n) is 18.1. The van der Waals surface area contributed by atoms with E-state index < -0.39 is 17.8 Å². The van der Waals surface area contributed by atoms with Gasteiger partial charge in [-0.05, 0) is 38.0 Å². The van der Waals surface area contributed by atoms with Crippen LogP contribution in [-0.4, -0.2) is 50.2 Å². The highest BCUT2D eigenvalue weighted by Gasteiger charge is 2.34. The third kappa shape index (κ3) is 4.27. The first-order valence-corrected chi connectivity index (χ1v) is 10.5. The van der Waals surface area contributed by atoms with Crippen molar-refractivity contribution in [1.29, 1.82) is 0 Å². The van der Waals surface area contributed by atoms with Gasteiger partial charge >= 0.3 is 12.3 Å². The Morgan fingerprint density at radius 1 is 1.27 bits per heavy atom. The maximum atomic E-state index is 13.1. The van der Waals surface area contributed by atoms with Gasteiger partial charge in [-0.3, -0.25) is 9.88 Å². The summed E-state index contributed by atoms with van der Waals surface area (Å²) in [5, 5.41) is 12.3. The fourth-order valence-electron chi connectivity index (χ4n) is 3.51. The van der Waals surface area contributed by atoms with Gasteiger partial charge in [-0.1, -0.05) is 0 Å². The number of alkyl halides is 3. The zero-order valence-corrected chi connectivity index (χ0v) is 18.9. The lowest BCUT2D eigenvalue weighted by Gasteiger charge is -2.29. The molecule has 0 bridgehead atoms. The third-order valence-corrected chi connectivity index (χ3v) is 6.21. The molecule has 0 spiro atoms. The van der Waals surface area contributed by atoms with Gasteiger partial charge in [0.1, 0.15) is 5.69 Å². The Kier molecular flexibility index (Phi) is 5.39. The molecule has 1 aliphatic heterocycles. The second kappa shape index (κ2) is 7.83. The third-order valence-electron chi connectivity index (χ3n) is 5.58. The Morgan fingerprint density at radius 3 is 2.67 bits per heavy atom. The Balaban J connectivity index is 1.63. The van der Waals surface area contributed by atoms with Crippen LogP contribution in [0.1, 0.15) is 25.0 Å². The van der Waals surface area contributed by atoms with Gasteiger partial charge < -0.3 is 15.3 Å². The van der Waals surface area contributed by atoms with Gasteiger partial charge in [0.2, 0.25) is 5.13 Å². The van der Waals surface area contributed by atoms with Crippen molar-refractivity contribution in [2.45, 2.75) is 32.0 Å². The summed E-state index contributed by atoms with van der Waals surface area (Å²) >= 11 is 0.961. The molecule has 0 saturated carbocycles. The first-order chi connectivity index (χ1) is 15.4. The average molecular weight is 479 g/mol. The summed E-state index contributed by atoms with van der Waals surface area (Å²) in [5.74, 6) is 0.249. The Hall–Kier alpha value is -3.48. The van der Waals surface area contributed by atoms with Crippen molar-refractivity contribution >= 4 is 39.9 Å². The molecule has 9 nitrogen and oxygen atoms in total. The van der Waals surface area contributed by atoms with E-state index in [2.05, 4.69) is 43.4 Å². The lowest BCUT2D eigenvalue weighted by molar-refractivity contribution is -0.137. The van der Waals surface area contributed by atoms with Gasteiger partial charge in [0.15, 0.2) is 11.6 Å². The van der Waals surface area contributed by atoms with Crippen molar-refractivity contribution in [3.05, 3.63) is 35.7 Å². The number of rotatable bonds is 4. The predicted octanol–water partition coefficient (Wildman–Crippen LogP) is 4.64. The van der Waals surface area contributed by atoms with Gasteiger partial charge in [0.25, 0.3) is 0 Å². The van der Waals surface area contributed by atoms with E-state index in [0.29, 0.717) is 28.7 Å². The first kappa shape index (κ1) is 22.7. The molecule has 0 radical (unpaired) electrons. The van der Waals surface area contributed by atoms with Crippen LogP contribution in [0.15, 0.2) is 24.5 Å². The van der Waals surface area contributed by atoms with Crippen LogP contribution in [0.3, 0.4) is 0 Å². The number of likely N-dealkylation sites (N-methyl/N-ethyl adjacent to an activating group) is 1. The molecule has 3 aromatic rings. The van der Waals surface area contributed by atoms with Crippen LogP contribution in [0.2, 0.25) is 0 Å². The van der Waals surface area contributed by atoms with E-state index in [4.69, 9.17) is 0 Å². The van der Waals surface area contributed by atoms with Crippen molar-refractivity contribution < 1.29 is 23.1 Å². The maximum Gasteiger partial charge on any atom is 0.417 e. The molecule has 13 heteroatoms. The highest BCUT2D eigenvalue weighted by atomic mass is 32.1. The molecule has 0 atom stereocenters. The van der Waals surface area contributed by atoms with Crippen LogP contribution in [0.4, 0.5) is 40.3 Å². The van der Waals surface area contributed by atoms with E-state index in [1.54, 1.807) is 6.20 Å². The molecule has 4 rings (SSSR count). The lowest BCUT2D eigenvalue weighted by Crippen LogP contribution is -2.37. The van der Waals surface area contributed by atoms with Gasteiger partial charge in [-0.25, -0.2) is 9.78 Å². The average Bonchev–Trinajstić information content (AvgIpc) is 3.28. The molecular weight excluding hydrogens is 459 g/mol. The number of nitrogens with zero attached hydrogens (tertiary/aromatic N) is 6. The van der Waals surface area contributed by atoms with E-state index in [0.717, 1.165) is 36.3 Å². The van der Waals surface area contributed by atoms with Crippen molar-refractivity contribution in [2.75, 3.05) is 29.2 Å². The number of halogens is 3. The number of amides is 1. The summed E-state index contributed by atoms with van der Waals surface area (Å²) in [6, 6.07) is 2.64. The topological polar surface area (TPSA) is 107 Å². The Labute approximate surface area is 191 Å². The van der Waals surface area contributed by atoms with Gasteiger partial charge in [0.05, 0.1) is 23.1 Å². The molecule has 0 aromatic carbocycles. The molecular formula is C20H20F3N7O2S. The second-order valence-electron chi connectivity index (χ2n) is 8.23. The molecule has 0 aliphatic carbocycles. The van der Waals surface area contributed by atoms with Crippen LogP contribution < -0.4 is 15.1 Å². The number of nitrogens with one attached hydrogen (secondary N) is 1. The Bertz CT molecular complexity index is 1230. The predicted molar refractivity (Wildman–Crippen MR) is 118 cm³/mol. The van der Waals surface area contributed by atoms with Crippen LogP contribution in [0, 0.1) is 0 Å². The normalized spacial score (nSPS) is 14.8. The van der Waals surface area contributed by atoms with Crippen LogP contribution in [0.5, 0.6) is 0 Å². The first-order valence-electron chi connectivity index (χ1n) is 9.74. The number of pyridine rings is 2. The molecule has 2 N–H and O–H groups in total. The molecule has 0 unspecified atom stereocenters. The number of hydrogen-bond acceptors (Lipinski definition) is 8. The van der Waals surface area contributed by atoms with Crippen molar-refractivity contribution in [3.63, 3.8) is 0 Å². The smallest absolute Gasteiger partial charge is 0.417 e. The summed E-state index contributed by atoms with van der Waals surface area (Å²) in [7, 11) is 3.14. The monoisotopic (exact) mass is 479 g/mol. The van der Waals surface area contributed by atoms with Crippen molar-refractivity contribution in [1.82, 2.24) is 19.3 Å². The SMILES string of the molecule is CN(C(=O)O)c1cc(C(F)(F)F)cnc1Nc1nc(-c2cc3c(cn2)N(C)C(C)(C)C3)ns1. The minimum absolute atomic E-state index is 0.0360. The molecule has 1 amide bonds. The molecule has 33 heavy (non-hydrogen) atoms. The standard InChI is InChI=1S/C20H20F3N7O2S/c1-19(2)7-10-5-12(24-9-14(10)30(19)4)15-26-17(33-28-15)27-16-13(29(3)18(31)32)6-11(8-25-16)20(21,22)23/h5-6,8-9H,7H2,1-4H3,(H,31,32)(H,25,26,27,28). The fourth-order valence-corrected chi connectivity index (χ4v) is 4.09. The summed E-state index contributed by atoms with van der Waals surface area (Å²) in [5.41, 5.74) is 1.34. The van der Waals surface area contributed by atoms with E-state index in [1.165, 1.54) is 0 Å². The van der Waals surface area contributed by atoms with Gasteiger partial charge in [0, 0.05) is 37.4 Å². The number of fused-ring (bicyclic) bond motifs is 1. The second-order valence-corrected chi connectivity index (χ2v) is 8.98. The minimum atomic E-state index is -4.67. The van der Waals surface area contributed by atoms with Gasteiger partial charge in [-0.2, -0.15) is 22.5 Å². The van der Waals surface area contributed by atoms with E-state index in [-0.39, 0.29) is 22.2 Å². The molecule has 0 saturated heterocycles. The highest BCUT2D eigenvalue weighted by molar-refractivity contribution is 7.09. The number of carbonyl (C=O) groups is 1. The number of aromatic nitrogens is 4. The van der Waals surface area contributed by atoms with E-state index >= 15 is 0 Å². The summed E-state index contributed by atoms with van der Waals surface area (Å²) in [6.45, 7) is 4.27. The molecule has 174 valence electrons. The lowest BCUT2D eigenvalue weighted by atomic mass is 10.00. The highest BCUT2D eigenvalue weighted by Crippen LogP contribution is 2.39. The van der Waals surface area contributed by atoms with Crippen LogP contribution in [0.25, 0.3) is 11.5 Å². The van der Waals surface area contributed by atoms with E-state index in [9.17, 15) is 23.1 Å². The largest absolute Gasteiger partial charge is 0.465 e. The molecule has 0 fully saturated rings. The Morgan fingerprint density at radius 2 is 2.00 bits per heavy atom. The van der Waals surface area contributed by atoms with E-state index in [1.807, 2.05) is 13.1 Å². The zero-order chi connectivity index (χ0) is 24.1. The van der Waals surface area contributed by atoms with Crippen LogP contribution in [-0.2, 0) is 12.6 Å². The number of hydrogen-bond donors (Lipinski definition) is 2. The van der Waals surface area contributed by atoms with Crippen molar-refractivity contribution in [3.8, 4) is 11.5 Å². The summed E-state index contributed by atoms with van der Waals surface area (Å²) in [4.78, 5) is 26.8. The summed E-state index contributed by atoms with van der Waals surface area (Å²) < 4.78 is 43.6. The van der Waals surface area contributed by atoms with Crippen molar-refractivity contribution in [2.24, 2.45) is 0 Å². The minimum Gasteiger partial charge on any atom is -0.465 e. The number of anilines is 4. The van der Waals surface area contributed by atoms with Gasteiger partial charge in [-0.15, -0.1) is 0 Å². The maximum absolute atomic E-state index is 13.1. The van der Waals surface area contributed by atoms with Crippen LogP contribution >= 0.6 is 11.5 Å². The molecule has 3 aromatic heterocycles. The molecule has 4 heterocycles. The summed E-state index contributed by atoms with van der Waals surface area (Å²) in [6.07, 6.45) is -2.87. The molecule has 1 aliphatic rings.